The highest BCUT2D eigenvalue weighted by atomic mass is 19.1. The molecule has 2 aromatic rings. The number of rotatable bonds is 4. The van der Waals surface area contributed by atoms with Crippen LogP contribution in [0.1, 0.15) is 24.2 Å². The zero-order chi connectivity index (χ0) is 17.0. The first-order valence-electron chi connectivity index (χ1n) is 6.87. The van der Waals surface area contributed by atoms with Gasteiger partial charge in [0.25, 0.3) is 0 Å². The summed E-state index contributed by atoms with van der Waals surface area (Å²) < 4.78 is 36.8. The quantitative estimate of drug-likeness (QED) is 0.636. The van der Waals surface area contributed by atoms with Crippen molar-refractivity contribution >= 4 is 11.9 Å². The Morgan fingerprint density at radius 1 is 1.09 bits per heavy atom. The Kier molecular flexibility index (Phi) is 5.05. The minimum absolute atomic E-state index is 0.0109. The average molecular weight is 320 g/mol. The Balaban J connectivity index is 2.52. The van der Waals surface area contributed by atoms with Crippen LogP contribution >= 0.6 is 0 Å². The van der Waals surface area contributed by atoms with Gasteiger partial charge in [-0.2, -0.15) is 0 Å². The molecule has 0 aliphatic heterocycles. The average Bonchev–Trinajstić information content (AvgIpc) is 2.47. The lowest BCUT2D eigenvalue weighted by Crippen LogP contribution is -2.10. The van der Waals surface area contributed by atoms with E-state index in [2.05, 4.69) is 0 Å². The standard InChI is InChI=1S/C17H14F2O4/c1-3-22-17(21)14-8-11(4-7-16(14)23-10(2)20)13-6-5-12(18)9-15(13)19/h4-9H,3H2,1-2H3. The number of esters is 2. The Hall–Kier alpha value is -2.76. The van der Waals surface area contributed by atoms with E-state index in [0.717, 1.165) is 12.1 Å². The maximum atomic E-state index is 13.9. The van der Waals surface area contributed by atoms with Crippen molar-refractivity contribution in [3.05, 3.63) is 53.6 Å². The zero-order valence-electron chi connectivity index (χ0n) is 12.6. The number of carbonyl (C=O) groups is 2. The van der Waals surface area contributed by atoms with Gasteiger partial charge in [-0.1, -0.05) is 6.07 Å². The maximum Gasteiger partial charge on any atom is 0.341 e. The second-order valence-corrected chi connectivity index (χ2v) is 4.65. The van der Waals surface area contributed by atoms with Crippen LogP contribution in [0, 0.1) is 11.6 Å². The van der Waals surface area contributed by atoms with Gasteiger partial charge in [-0.3, -0.25) is 4.79 Å². The van der Waals surface area contributed by atoms with Gasteiger partial charge < -0.3 is 9.47 Å². The summed E-state index contributed by atoms with van der Waals surface area (Å²) in [6, 6.07) is 7.30. The molecule has 0 saturated carbocycles. The van der Waals surface area contributed by atoms with Crippen LogP contribution in [0.25, 0.3) is 11.1 Å². The molecule has 2 rings (SSSR count). The molecule has 0 amide bonds. The van der Waals surface area contributed by atoms with Gasteiger partial charge in [0.15, 0.2) is 0 Å². The van der Waals surface area contributed by atoms with Crippen molar-refractivity contribution in [1.29, 1.82) is 0 Å². The predicted octanol–water partition coefficient (Wildman–Crippen LogP) is 3.73. The third-order valence-electron chi connectivity index (χ3n) is 2.97. The van der Waals surface area contributed by atoms with Crippen molar-refractivity contribution in [3.8, 4) is 16.9 Å². The van der Waals surface area contributed by atoms with Gasteiger partial charge in [-0.15, -0.1) is 0 Å². The normalized spacial score (nSPS) is 10.3. The van der Waals surface area contributed by atoms with E-state index in [1.807, 2.05) is 0 Å². The molecule has 0 saturated heterocycles. The fraction of sp³-hybridized carbons (Fsp3) is 0.176. The van der Waals surface area contributed by atoms with Crippen LogP contribution in [0.3, 0.4) is 0 Å². The van der Waals surface area contributed by atoms with Crippen molar-refractivity contribution in [2.45, 2.75) is 13.8 Å². The fourth-order valence-electron chi connectivity index (χ4n) is 2.03. The summed E-state index contributed by atoms with van der Waals surface area (Å²) in [5.74, 6) is -2.75. The topological polar surface area (TPSA) is 52.6 Å². The highest BCUT2D eigenvalue weighted by molar-refractivity contribution is 5.95. The van der Waals surface area contributed by atoms with Crippen LogP contribution in [-0.2, 0) is 9.53 Å². The third-order valence-corrected chi connectivity index (χ3v) is 2.97. The van der Waals surface area contributed by atoms with E-state index in [-0.39, 0.29) is 23.5 Å². The summed E-state index contributed by atoms with van der Waals surface area (Å²) >= 11 is 0. The molecule has 0 fully saturated rings. The summed E-state index contributed by atoms with van der Waals surface area (Å²) in [6.45, 7) is 2.96. The first kappa shape index (κ1) is 16.6. The molecule has 2 aromatic carbocycles. The second-order valence-electron chi connectivity index (χ2n) is 4.65. The molecule has 4 nitrogen and oxygen atoms in total. The molecule has 0 aliphatic carbocycles. The van der Waals surface area contributed by atoms with E-state index in [0.29, 0.717) is 5.56 Å². The SMILES string of the molecule is CCOC(=O)c1cc(-c2ccc(F)cc2F)ccc1OC(C)=O. The molecule has 120 valence electrons. The molecule has 0 heterocycles. The van der Waals surface area contributed by atoms with Crippen molar-refractivity contribution in [2.75, 3.05) is 6.61 Å². The number of hydrogen-bond donors (Lipinski definition) is 0. The lowest BCUT2D eigenvalue weighted by atomic mass is 10.0. The summed E-state index contributed by atoms with van der Waals surface area (Å²) in [7, 11) is 0. The molecule has 0 atom stereocenters. The van der Waals surface area contributed by atoms with E-state index >= 15 is 0 Å². The van der Waals surface area contributed by atoms with E-state index in [1.54, 1.807) is 6.92 Å². The molecule has 6 heteroatoms. The molecule has 23 heavy (non-hydrogen) atoms. The molecule has 0 aromatic heterocycles. The van der Waals surface area contributed by atoms with Gasteiger partial charge in [0.2, 0.25) is 0 Å². The van der Waals surface area contributed by atoms with Crippen molar-refractivity contribution in [1.82, 2.24) is 0 Å². The molecule has 0 radical (unpaired) electrons. The van der Waals surface area contributed by atoms with Crippen LogP contribution in [-0.4, -0.2) is 18.5 Å². The second kappa shape index (κ2) is 7.00. The number of carbonyl (C=O) groups excluding carboxylic acids is 2. The molecular formula is C17H14F2O4. The summed E-state index contributed by atoms with van der Waals surface area (Å²) in [4.78, 5) is 23.1. The van der Waals surface area contributed by atoms with Gasteiger partial charge >= 0.3 is 11.9 Å². The molecular weight excluding hydrogens is 306 g/mol. The van der Waals surface area contributed by atoms with E-state index < -0.39 is 23.6 Å². The minimum atomic E-state index is -0.764. The largest absolute Gasteiger partial charge is 0.462 e. The van der Waals surface area contributed by atoms with Crippen molar-refractivity contribution in [3.63, 3.8) is 0 Å². The number of ether oxygens (including phenoxy) is 2. The fourth-order valence-corrected chi connectivity index (χ4v) is 2.03. The molecule has 0 spiro atoms. The lowest BCUT2D eigenvalue weighted by molar-refractivity contribution is -0.131. The number of benzene rings is 2. The molecule has 0 aliphatic rings. The van der Waals surface area contributed by atoms with Crippen LogP contribution in [0.15, 0.2) is 36.4 Å². The summed E-state index contributed by atoms with van der Waals surface area (Å²) in [6.07, 6.45) is 0. The Bertz CT molecular complexity index is 756. The van der Waals surface area contributed by atoms with E-state index in [1.165, 1.54) is 31.2 Å². The van der Waals surface area contributed by atoms with Gasteiger partial charge in [0.05, 0.1) is 6.61 Å². The minimum Gasteiger partial charge on any atom is -0.462 e. The number of hydrogen-bond acceptors (Lipinski definition) is 4. The van der Waals surface area contributed by atoms with Crippen LogP contribution < -0.4 is 4.74 Å². The summed E-state index contributed by atoms with van der Waals surface area (Å²) in [5.41, 5.74) is 0.441. The van der Waals surface area contributed by atoms with Gasteiger partial charge in [0.1, 0.15) is 22.9 Å². The van der Waals surface area contributed by atoms with Gasteiger partial charge in [0, 0.05) is 18.6 Å². The number of halogens is 2. The van der Waals surface area contributed by atoms with E-state index in [4.69, 9.17) is 9.47 Å². The predicted molar refractivity (Wildman–Crippen MR) is 79.1 cm³/mol. The molecule has 0 N–H and O–H groups in total. The summed E-state index contributed by atoms with van der Waals surface area (Å²) in [5, 5.41) is 0. The van der Waals surface area contributed by atoms with Crippen molar-refractivity contribution < 1.29 is 27.8 Å². The van der Waals surface area contributed by atoms with Crippen LogP contribution in [0.5, 0.6) is 5.75 Å². The van der Waals surface area contributed by atoms with Crippen LogP contribution in [0.2, 0.25) is 0 Å². The van der Waals surface area contributed by atoms with Gasteiger partial charge in [-0.05, 0) is 36.8 Å². The van der Waals surface area contributed by atoms with Crippen LogP contribution in [0.4, 0.5) is 8.78 Å². The smallest absolute Gasteiger partial charge is 0.341 e. The Morgan fingerprint density at radius 2 is 1.83 bits per heavy atom. The maximum absolute atomic E-state index is 13.9. The highest BCUT2D eigenvalue weighted by Gasteiger charge is 2.18. The highest BCUT2D eigenvalue weighted by Crippen LogP contribution is 2.29. The van der Waals surface area contributed by atoms with Crippen molar-refractivity contribution in [2.24, 2.45) is 0 Å². The van der Waals surface area contributed by atoms with Gasteiger partial charge in [-0.25, -0.2) is 13.6 Å². The third kappa shape index (κ3) is 3.91. The zero-order valence-corrected chi connectivity index (χ0v) is 12.6. The Labute approximate surface area is 131 Å². The molecule has 0 unspecified atom stereocenters. The monoisotopic (exact) mass is 320 g/mol. The Morgan fingerprint density at radius 3 is 2.43 bits per heavy atom. The first-order chi connectivity index (χ1) is 10.9. The van der Waals surface area contributed by atoms with E-state index in [9.17, 15) is 18.4 Å². The lowest BCUT2D eigenvalue weighted by Gasteiger charge is -2.11. The molecule has 0 bridgehead atoms. The first-order valence-corrected chi connectivity index (χ1v) is 6.87.